The molecule has 29 heavy (non-hydrogen) atoms. The first-order valence-corrected chi connectivity index (χ1v) is 11.5. The van der Waals surface area contributed by atoms with E-state index in [1.807, 2.05) is 4.90 Å². The van der Waals surface area contributed by atoms with Crippen LogP contribution in [0.2, 0.25) is 0 Å². The highest BCUT2D eigenvalue weighted by atomic mass is 15.6. The molecule has 1 aliphatic carbocycles. The van der Waals surface area contributed by atoms with Crippen molar-refractivity contribution in [3.63, 3.8) is 0 Å². The maximum absolute atomic E-state index is 4.58. The van der Waals surface area contributed by atoms with E-state index in [0.717, 1.165) is 18.3 Å². The minimum absolute atomic E-state index is 0.0852. The molecule has 2 aromatic rings. The smallest absolute Gasteiger partial charge is 0.214 e. The second kappa shape index (κ2) is 8.52. The molecule has 2 N–H and O–H groups in total. The maximum atomic E-state index is 4.58. The van der Waals surface area contributed by atoms with Gasteiger partial charge >= 0.3 is 0 Å². The predicted molar refractivity (Wildman–Crippen MR) is 114 cm³/mol. The van der Waals surface area contributed by atoms with Gasteiger partial charge in [-0.15, -0.1) is 5.10 Å². The van der Waals surface area contributed by atoms with E-state index in [2.05, 4.69) is 72.2 Å². The highest BCUT2D eigenvalue weighted by Gasteiger charge is 2.39. The first-order chi connectivity index (χ1) is 14.0. The van der Waals surface area contributed by atoms with Crippen LogP contribution in [0.1, 0.15) is 75.9 Å². The van der Waals surface area contributed by atoms with Gasteiger partial charge in [0.05, 0.1) is 11.6 Å². The molecule has 0 amide bonds. The quantitative estimate of drug-likeness (QED) is 0.762. The van der Waals surface area contributed by atoms with Crippen molar-refractivity contribution in [1.82, 2.24) is 20.2 Å². The molecule has 2 fully saturated rings. The van der Waals surface area contributed by atoms with Crippen LogP contribution in [-0.4, -0.2) is 52.4 Å². The molecule has 4 rings (SSSR count). The number of benzene rings is 1. The van der Waals surface area contributed by atoms with E-state index < -0.39 is 0 Å². The fourth-order valence-electron chi connectivity index (χ4n) is 5.20. The lowest BCUT2D eigenvalue weighted by molar-refractivity contribution is -1.03. The number of tetrazole rings is 1. The van der Waals surface area contributed by atoms with E-state index in [1.54, 1.807) is 4.90 Å². The Balaban J connectivity index is 1.62. The summed E-state index contributed by atoms with van der Waals surface area (Å²) in [6, 6.07) is 10.1. The van der Waals surface area contributed by atoms with Gasteiger partial charge in [0, 0.05) is 5.56 Å². The van der Waals surface area contributed by atoms with Gasteiger partial charge in [-0.3, -0.25) is 0 Å². The molecule has 0 unspecified atom stereocenters. The summed E-state index contributed by atoms with van der Waals surface area (Å²) in [5.41, 5.74) is 2.54. The first kappa shape index (κ1) is 20.5. The number of piperazine rings is 1. The normalized spacial score (nSPS) is 24.7. The SMILES string of the molecule is CCC(C)(C)n1nnnc1[C@@H](c1ccc(C)cc1)[NH+]1CC[NH+](C2CCCC2)CC1. The molecule has 1 aliphatic heterocycles. The van der Waals surface area contributed by atoms with Crippen LogP contribution in [0.3, 0.4) is 0 Å². The summed E-state index contributed by atoms with van der Waals surface area (Å²) in [4.78, 5) is 3.45. The van der Waals surface area contributed by atoms with Crippen molar-refractivity contribution in [2.75, 3.05) is 26.2 Å². The number of quaternary nitrogens is 2. The van der Waals surface area contributed by atoms with Crippen molar-refractivity contribution < 1.29 is 9.80 Å². The Morgan fingerprint density at radius 1 is 1.07 bits per heavy atom. The largest absolute Gasteiger partial charge is 0.323 e. The van der Waals surface area contributed by atoms with E-state index in [0.29, 0.717) is 0 Å². The molecule has 2 aliphatic rings. The zero-order chi connectivity index (χ0) is 20.4. The number of rotatable bonds is 6. The molecule has 6 heteroatoms. The zero-order valence-corrected chi connectivity index (χ0v) is 18.6. The Morgan fingerprint density at radius 2 is 1.72 bits per heavy atom. The standard InChI is InChI=1S/C23H36N6/c1-5-23(3,4)29-22(24-25-26-29)21(19-12-10-18(2)11-13-19)28-16-14-27(15-17-28)20-8-6-7-9-20/h10-13,20-21H,5-9,14-17H2,1-4H3/p+2/t21-/m1/s1. The molecular formula is C23H38N6+2. The molecule has 1 atom stereocenters. The van der Waals surface area contributed by atoms with Gasteiger partial charge in [-0.05, 0) is 63.3 Å². The van der Waals surface area contributed by atoms with Gasteiger partial charge in [0.2, 0.25) is 5.82 Å². The van der Waals surface area contributed by atoms with Crippen LogP contribution in [0.4, 0.5) is 0 Å². The molecule has 2 heterocycles. The third-order valence-corrected chi connectivity index (χ3v) is 7.48. The molecule has 1 aromatic carbocycles. The minimum atomic E-state index is -0.0852. The number of aryl methyl sites for hydroxylation is 1. The van der Waals surface area contributed by atoms with Crippen LogP contribution in [0, 0.1) is 6.92 Å². The van der Waals surface area contributed by atoms with Crippen molar-refractivity contribution in [2.45, 2.75) is 77.4 Å². The molecule has 1 aromatic heterocycles. The van der Waals surface area contributed by atoms with Gasteiger partial charge < -0.3 is 9.80 Å². The van der Waals surface area contributed by atoms with Crippen LogP contribution >= 0.6 is 0 Å². The lowest BCUT2D eigenvalue weighted by Crippen LogP contribution is -3.29. The number of hydrogen-bond acceptors (Lipinski definition) is 3. The van der Waals surface area contributed by atoms with E-state index >= 15 is 0 Å². The van der Waals surface area contributed by atoms with E-state index in [1.165, 1.54) is 63.0 Å². The fraction of sp³-hybridized carbons (Fsp3) is 0.696. The molecule has 6 nitrogen and oxygen atoms in total. The average molecular weight is 399 g/mol. The lowest BCUT2D eigenvalue weighted by Gasteiger charge is -2.37. The van der Waals surface area contributed by atoms with Crippen molar-refractivity contribution >= 4 is 0 Å². The highest BCUT2D eigenvalue weighted by Crippen LogP contribution is 2.25. The van der Waals surface area contributed by atoms with Gasteiger partial charge in [-0.1, -0.05) is 36.8 Å². The monoisotopic (exact) mass is 398 g/mol. The highest BCUT2D eigenvalue weighted by molar-refractivity contribution is 5.26. The summed E-state index contributed by atoms with van der Waals surface area (Å²) in [6.07, 6.45) is 6.71. The second-order valence-electron chi connectivity index (χ2n) is 9.76. The lowest BCUT2D eigenvalue weighted by atomic mass is 9.98. The number of aromatic nitrogens is 4. The van der Waals surface area contributed by atoms with Crippen LogP contribution < -0.4 is 9.80 Å². The van der Waals surface area contributed by atoms with E-state index in [-0.39, 0.29) is 11.6 Å². The van der Waals surface area contributed by atoms with Crippen LogP contribution in [0.15, 0.2) is 24.3 Å². The predicted octanol–water partition coefficient (Wildman–Crippen LogP) is 0.942. The number of hydrogen-bond donors (Lipinski definition) is 2. The molecule has 158 valence electrons. The Bertz CT molecular complexity index is 782. The summed E-state index contributed by atoms with van der Waals surface area (Å²) >= 11 is 0. The maximum Gasteiger partial charge on any atom is 0.214 e. The Kier molecular flexibility index (Phi) is 6.02. The molecule has 0 spiro atoms. The van der Waals surface area contributed by atoms with Crippen LogP contribution in [0.25, 0.3) is 0 Å². The van der Waals surface area contributed by atoms with Crippen molar-refractivity contribution in [3.8, 4) is 0 Å². The molecule has 1 saturated heterocycles. The van der Waals surface area contributed by atoms with Crippen LogP contribution in [-0.2, 0) is 5.54 Å². The third kappa shape index (κ3) is 4.24. The Labute approximate surface area is 175 Å². The summed E-state index contributed by atoms with van der Waals surface area (Å²) in [7, 11) is 0. The molecule has 1 saturated carbocycles. The molecule has 0 radical (unpaired) electrons. The van der Waals surface area contributed by atoms with Crippen molar-refractivity contribution in [1.29, 1.82) is 0 Å². The fourth-order valence-corrected chi connectivity index (χ4v) is 5.20. The summed E-state index contributed by atoms with van der Waals surface area (Å²) in [5, 5.41) is 13.1. The third-order valence-electron chi connectivity index (χ3n) is 7.48. The number of nitrogens with one attached hydrogen (secondary N) is 2. The number of nitrogens with zero attached hydrogens (tertiary/aromatic N) is 4. The van der Waals surface area contributed by atoms with Gasteiger partial charge in [0.15, 0.2) is 6.04 Å². The first-order valence-electron chi connectivity index (χ1n) is 11.5. The van der Waals surface area contributed by atoms with Crippen LogP contribution in [0.5, 0.6) is 0 Å². The van der Waals surface area contributed by atoms with E-state index in [9.17, 15) is 0 Å². The summed E-state index contributed by atoms with van der Waals surface area (Å²) in [6.45, 7) is 13.7. The second-order valence-corrected chi connectivity index (χ2v) is 9.76. The van der Waals surface area contributed by atoms with Crippen molar-refractivity contribution in [2.24, 2.45) is 0 Å². The van der Waals surface area contributed by atoms with E-state index in [4.69, 9.17) is 0 Å². The Morgan fingerprint density at radius 3 is 2.34 bits per heavy atom. The zero-order valence-electron chi connectivity index (χ0n) is 18.6. The Hall–Kier alpha value is -1.79. The minimum Gasteiger partial charge on any atom is -0.323 e. The average Bonchev–Trinajstić information content (AvgIpc) is 3.43. The summed E-state index contributed by atoms with van der Waals surface area (Å²) < 4.78 is 2.08. The van der Waals surface area contributed by atoms with Gasteiger partial charge in [0.25, 0.3) is 0 Å². The molecule has 0 bridgehead atoms. The van der Waals surface area contributed by atoms with Gasteiger partial charge in [0.1, 0.15) is 26.2 Å². The van der Waals surface area contributed by atoms with Gasteiger partial charge in [-0.2, -0.15) is 0 Å². The van der Waals surface area contributed by atoms with Gasteiger partial charge in [-0.25, -0.2) is 4.68 Å². The van der Waals surface area contributed by atoms with Crippen molar-refractivity contribution in [3.05, 3.63) is 41.2 Å². The molecular weight excluding hydrogens is 360 g/mol. The summed E-state index contributed by atoms with van der Waals surface area (Å²) in [5.74, 6) is 1.01. The topological polar surface area (TPSA) is 52.5 Å².